The average molecular weight is 260 g/mol. The van der Waals surface area contributed by atoms with Crippen molar-refractivity contribution in [1.29, 1.82) is 0 Å². The normalized spacial score (nSPS) is 10.8. The van der Waals surface area contributed by atoms with Gasteiger partial charge in [0, 0.05) is 12.3 Å². The maximum atomic E-state index is 11.8. The minimum Gasteiger partial charge on any atom is -0.463 e. The van der Waals surface area contributed by atoms with Gasteiger partial charge in [-0.3, -0.25) is 4.79 Å². The molecule has 1 N–H and O–H groups in total. The lowest BCUT2D eigenvalue weighted by atomic mass is 10.3. The average Bonchev–Trinajstić information content (AvgIpc) is 2.81. The maximum absolute atomic E-state index is 11.8. The van der Waals surface area contributed by atoms with Gasteiger partial charge in [-0.25, -0.2) is 0 Å². The first-order valence-electron chi connectivity index (χ1n) is 6.64. The Hall–Kier alpha value is -1.81. The molecule has 0 atom stereocenters. The van der Waals surface area contributed by atoms with Gasteiger partial charge in [-0.2, -0.15) is 0 Å². The van der Waals surface area contributed by atoms with Gasteiger partial charge >= 0.3 is 0 Å². The molecule has 0 fully saturated rings. The second-order valence-corrected chi connectivity index (χ2v) is 4.72. The molecule has 4 heteroatoms. The summed E-state index contributed by atoms with van der Waals surface area (Å²) in [5.41, 5.74) is 0.979. The number of hydrogen-bond acceptors (Lipinski definition) is 3. The Morgan fingerprint density at radius 3 is 2.79 bits per heavy atom. The molecular weight excluding hydrogens is 240 g/mol. The van der Waals surface area contributed by atoms with Crippen LogP contribution in [0.25, 0.3) is 0 Å². The highest BCUT2D eigenvalue weighted by Crippen LogP contribution is 2.09. The molecule has 2 rings (SSSR count). The van der Waals surface area contributed by atoms with E-state index in [0.29, 0.717) is 6.54 Å². The van der Waals surface area contributed by atoms with Crippen molar-refractivity contribution >= 4 is 0 Å². The number of furan rings is 1. The SMILES string of the molecule is CCCNCc1ccc(Cn2ccc(C)cc2=O)o1. The number of pyridine rings is 1. The molecule has 19 heavy (non-hydrogen) atoms. The molecule has 0 bridgehead atoms. The van der Waals surface area contributed by atoms with Gasteiger partial charge in [-0.05, 0) is 43.7 Å². The topological polar surface area (TPSA) is 47.2 Å². The summed E-state index contributed by atoms with van der Waals surface area (Å²) in [4.78, 5) is 11.8. The first kappa shape index (κ1) is 13.6. The van der Waals surface area contributed by atoms with Crippen molar-refractivity contribution in [2.45, 2.75) is 33.4 Å². The molecule has 102 valence electrons. The standard InChI is InChI=1S/C15H20N2O2/c1-3-7-16-10-13-4-5-14(19-13)11-17-8-6-12(2)9-15(17)18/h4-6,8-9,16H,3,7,10-11H2,1-2H3. The fourth-order valence-corrected chi connectivity index (χ4v) is 1.90. The second-order valence-electron chi connectivity index (χ2n) is 4.72. The Morgan fingerprint density at radius 1 is 1.26 bits per heavy atom. The first-order chi connectivity index (χ1) is 9.19. The Labute approximate surface area is 113 Å². The van der Waals surface area contributed by atoms with Crippen molar-refractivity contribution in [3.63, 3.8) is 0 Å². The van der Waals surface area contributed by atoms with Crippen molar-refractivity contribution in [1.82, 2.24) is 9.88 Å². The van der Waals surface area contributed by atoms with Gasteiger partial charge in [0.15, 0.2) is 0 Å². The fraction of sp³-hybridized carbons (Fsp3) is 0.400. The van der Waals surface area contributed by atoms with E-state index in [1.54, 1.807) is 16.8 Å². The van der Waals surface area contributed by atoms with Gasteiger partial charge in [0.25, 0.3) is 5.56 Å². The third-order valence-electron chi connectivity index (χ3n) is 2.92. The number of aromatic nitrogens is 1. The van der Waals surface area contributed by atoms with Gasteiger partial charge in [0.1, 0.15) is 11.5 Å². The zero-order valence-electron chi connectivity index (χ0n) is 11.5. The molecule has 0 saturated heterocycles. The molecule has 0 aromatic carbocycles. The summed E-state index contributed by atoms with van der Waals surface area (Å²) >= 11 is 0. The Balaban J connectivity index is 2.01. The number of nitrogens with zero attached hydrogens (tertiary/aromatic N) is 1. The van der Waals surface area contributed by atoms with Crippen LogP contribution in [0.1, 0.15) is 30.4 Å². The smallest absolute Gasteiger partial charge is 0.251 e. The van der Waals surface area contributed by atoms with Crippen molar-refractivity contribution in [3.05, 3.63) is 57.9 Å². The summed E-state index contributed by atoms with van der Waals surface area (Å²) in [5, 5.41) is 3.29. The van der Waals surface area contributed by atoms with E-state index in [1.165, 1.54) is 0 Å². The van der Waals surface area contributed by atoms with Crippen LogP contribution in [0.15, 0.2) is 39.7 Å². The third kappa shape index (κ3) is 3.83. The highest BCUT2D eigenvalue weighted by atomic mass is 16.3. The van der Waals surface area contributed by atoms with Crippen molar-refractivity contribution < 1.29 is 4.42 Å². The van der Waals surface area contributed by atoms with Crippen molar-refractivity contribution in [2.24, 2.45) is 0 Å². The quantitative estimate of drug-likeness (QED) is 0.811. The highest BCUT2D eigenvalue weighted by molar-refractivity contribution is 5.11. The van der Waals surface area contributed by atoms with Gasteiger partial charge in [-0.15, -0.1) is 0 Å². The minimum absolute atomic E-state index is 0.00191. The van der Waals surface area contributed by atoms with E-state index in [0.717, 1.165) is 36.6 Å². The fourth-order valence-electron chi connectivity index (χ4n) is 1.90. The number of hydrogen-bond donors (Lipinski definition) is 1. The van der Waals surface area contributed by atoms with Crippen LogP contribution >= 0.6 is 0 Å². The molecule has 0 spiro atoms. The summed E-state index contributed by atoms with van der Waals surface area (Å²) < 4.78 is 7.35. The van der Waals surface area contributed by atoms with Crippen molar-refractivity contribution in [2.75, 3.05) is 6.54 Å². The molecule has 0 amide bonds. The molecule has 2 aromatic rings. The van der Waals surface area contributed by atoms with Crippen LogP contribution < -0.4 is 10.9 Å². The van der Waals surface area contributed by atoms with Crippen LogP contribution in [-0.2, 0) is 13.1 Å². The third-order valence-corrected chi connectivity index (χ3v) is 2.92. The summed E-state index contributed by atoms with van der Waals surface area (Å²) in [7, 11) is 0. The van der Waals surface area contributed by atoms with E-state index >= 15 is 0 Å². The predicted molar refractivity (Wildman–Crippen MR) is 75.2 cm³/mol. The lowest BCUT2D eigenvalue weighted by Crippen LogP contribution is -2.19. The van der Waals surface area contributed by atoms with E-state index in [2.05, 4.69) is 12.2 Å². The molecule has 2 heterocycles. The zero-order chi connectivity index (χ0) is 13.7. The molecule has 2 aromatic heterocycles. The maximum Gasteiger partial charge on any atom is 0.251 e. The van der Waals surface area contributed by atoms with Crippen LogP contribution in [0.3, 0.4) is 0 Å². The number of aryl methyl sites for hydroxylation is 1. The summed E-state index contributed by atoms with van der Waals surface area (Å²) in [5.74, 6) is 1.71. The largest absolute Gasteiger partial charge is 0.463 e. The first-order valence-corrected chi connectivity index (χ1v) is 6.64. The van der Waals surface area contributed by atoms with E-state index in [1.807, 2.05) is 25.1 Å². The van der Waals surface area contributed by atoms with Crippen LogP contribution in [0.2, 0.25) is 0 Å². The number of nitrogens with one attached hydrogen (secondary N) is 1. The van der Waals surface area contributed by atoms with Crippen LogP contribution in [0.4, 0.5) is 0 Å². The van der Waals surface area contributed by atoms with E-state index in [4.69, 9.17) is 4.42 Å². The molecule has 0 aliphatic rings. The van der Waals surface area contributed by atoms with E-state index in [-0.39, 0.29) is 5.56 Å². The summed E-state index contributed by atoms with van der Waals surface area (Å²) in [6.07, 6.45) is 2.90. The number of rotatable bonds is 6. The highest BCUT2D eigenvalue weighted by Gasteiger charge is 2.04. The molecule has 0 saturated carbocycles. The molecule has 0 radical (unpaired) electrons. The van der Waals surface area contributed by atoms with Gasteiger partial charge in [0.05, 0.1) is 13.1 Å². The second kappa shape index (κ2) is 6.38. The summed E-state index contributed by atoms with van der Waals surface area (Å²) in [6.45, 7) is 6.23. The molecule has 0 unspecified atom stereocenters. The van der Waals surface area contributed by atoms with Crippen LogP contribution in [0, 0.1) is 6.92 Å². The molecule has 0 aliphatic carbocycles. The predicted octanol–water partition coefficient (Wildman–Crippen LogP) is 2.30. The Bertz CT molecular complexity index is 584. The monoisotopic (exact) mass is 260 g/mol. The molecule has 4 nitrogen and oxygen atoms in total. The van der Waals surface area contributed by atoms with Gasteiger partial charge in [-0.1, -0.05) is 6.92 Å². The van der Waals surface area contributed by atoms with Gasteiger partial charge < -0.3 is 14.3 Å². The Morgan fingerprint density at radius 2 is 2.05 bits per heavy atom. The summed E-state index contributed by atoms with van der Waals surface area (Å²) in [6, 6.07) is 7.44. The lowest BCUT2D eigenvalue weighted by Gasteiger charge is -2.03. The van der Waals surface area contributed by atoms with Crippen LogP contribution in [-0.4, -0.2) is 11.1 Å². The van der Waals surface area contributed by atoms with E-state index in [9.17, 15) is 4.79 Å². The molecular formula is C15H20N2O2. The minimum atomic E-state index is 0.00191. The Kier molecular flexibility index (Phi) is 4.58. The van der Waals surface area contributed by atoms with Crippen molar-refractivity contribution in [3.8, 4) is 0 Å². The van der Waals surface area contributed by atoms with Gasteiger partial charge in [0.2, 0.25) is 0 Å². The molecule has 0 aliphatic heterocycles. The lowest BCUT2D eigenvalue weighted by molar-refractivity contribution is 0.436. The van der Waals surface area contributed by atoms with Crippen LogP contribution in [0.5, 0.6) is 0 Å². The van der Waals surface area contributed by atoms with E-state index < -0.39 is 0 Å². The zero-order valence-corrected chi connectivity index (χ0v) is 11.5.